The van der Waals surface area contributed by atoms with Gasteiger partial charge in [0.05, 0.1) is 25.5 Å². The maximum absolute atomic E-state index is 12.6. The number of aromatic nitrogens is 2. The molecule has 7 heteroatoms. The Labute approximate surface area is 174 Å². The van der Waals surface area contributed by atoms with Gasteiger partial charge in [-0.1, -0.05) is 41.9 Å². The fourth-order valence-electron chi connectivity index (χ4n) is 3.33. The van der Waals surface area contributed by atoms with E-state index in [2.05, 4.69) is 10.4 Å². The van der Waals surface area contributed by atoms with Gasteiger partial charge in [-0.25, -0.2) is 0 Å². The topological polar surface area (TPSA) is 65.4 Å². The van der Waals surface area contributed by atoms with Crippen LogP contribution in [0.4, 0.5) is 0 Å². The first-order valence-electron chi connectivity index (χ1n) is 9.56. The summed E-state index contributed by atoms with van der Waals surface area (Å²) in [7, 11) is 0. The lowest BCUT2D eigenvalue weighted by Gasteiger charge is -2.24. The van der Waals surface area contributed by atoms with Gasteiger partial charge in [0.1, 0.15) is 11.9 Å². The second kappa shape index (κ2) is 8.68. The van der Waals surface area contributed by atoms with E-state index in [9.17, 15) is 4.79 Å². The van der Waals surface area contributed by atoms with Crippen LogP contribution in [0.15, 0.2) is 54.6 Å². The number of nitrogens with zero attached hydrogens (tertiary/aromatic N) is 2. The third-order valence-corrected chi connectivity index (χ3v) is 5.07. The highest BCUT2D eigenvalue weighted by Crippen LogP contribution is 2.27. The fraction of sp³-hybridized carbons (Fsp3) is 0.273. The predicted octanol–water partition coefficient (Wildman–Crippen LogP) is 4.14. The molecule has 6 nitrogen and oxygen atoms in total. The lowest BCUT2D eigenvalue weighted by Crippen LogP contribution is -2.24. The third kappa shape index (κ3) is 4.44. The van der Waals surface area contributed by atoms with Crippen molar-refractivity contribution in [1.29, 1.82) is 0 Å². The Bertz CT molecular complexity index is 1000. The molecule has 0 bridgehead atoms. The van der Waals surface area contributed by atoms with Crippen LogP contribution in [0.3, 0.4) is 0 Å². The van der Waals surface area contributed by atoms with E-state index in [0.717, 1.165) is 22.6 Å². The number of carbonyl (C=O) groups is 1. The second-order valence-corrected chi connectivity index (χ2v) is 7.21. The lowest BCUT2D eigenvalue weighted by atomic mass is 10.1. The van der Waals surface area contributed by atoms with Gasteiger partial charge in [0.25, 0.3) is 5.91 Å². The van der Waals surface area contributed by atoms with Crippen molar-refractivity contribution in [3.63, 3.8) is 0 Å². The molecule has 0 radical (unpaired) electrons. The van der Waals surface area contributed by atoms with Gasteiger partial charge in [0.2, 0.25) is 0 Å². The van der Waals surface area contributed by atoms with Gasteiger partial charge >= 0.3 is 0 Å². The summed E-state index contributed by atoms with van der Waals surface area (Å²) in [5, 5.41) is 8.09. The minimum absolute atomic E-state index is 0.117. The second-order valence-electron chi connectivity index (χ2n) is 6.78. The SMILES string of the molecule is CCOc1ccccc1CNC(=O)c1cc2n(n1)C[C@@H](c1ccc(Cl)cc1)OC2. The highest BCUT2D eigenvalue weighted by Gasteiger charge is 2.24. The summed E-state index contributed by atoms with van der Waals surface area (Å²) < 4.78 is 13.4. The smallest absolute Gasteiger partial charge is 0.272 e. The largest absolute Gasteiger partial charge is 0.494 e. The molecule has 0 spiro atoms. The van der Waals surface area contributed by atoms with Gasteiger partial charge in [0, 0.05) is 17.1 Å². The highest BCUT2D eigenvalue weighted by atomic mass is 35.5. The van der Waals surface area contributed by atoms with E-state index in [1.807, 2.05) is 60.1 Å². The van der Waals surface area contributed by atoms with Crippen LogP contribution in [0, 0.1) is 0 Å². The minimum Gasteiger partial charge on any atom is -0.494 e. The molecule has 1 N–H and O–H groups in total. The molecule has 0 saturated carbocycles. The zero-order valence-corrected chi connectivity index (χ0v) is 16.9. The first-order chi connectivity index (χ1) is 14.1. The molecule has 3 aromatic rings. The van der Waals surface area contributed by atoms with E-state index in [4.69, 9.17) is 21.1 Å². The average Bonchev–Trinajstić information content (AvgIpc) is 3.17. The molecule has 1 atom stereocenters. The van der Waals surface area contributed by atoms with Crippen LogP contribution in [-0.2, 0) is 24.4 Å². The Morgan fingerprint density at radius 3 is 2.86 bits per heavy atom. The van der Waals surface area contributed by atoms with E-state index < -0.39 is 0 Å². The zero-order chi connectivity index (χ0) is 20.2. The molecular weight excluding hydrogens is 390 g/mol. The summed E-state index contributed by atoms with van der Waals surface area (Å²) in [5.74, 6) is 0.555. The molecule has 0 aliphatic carbocycles. The molecule has 0 unspecified atom stereocenters. The molecule has 1 aliphatic rings. The number of halogens is 1. The summed E-state index contributed by atoms with van der Waals surface area (Å²) in [6.45, 7) is 3.84. The number of amides is 1. The van der Waals surface area contributed by atoms with Crippen LogP contribution in [-0.4, -0.2) is 22.3 Å². The van der Waals surface area contributed by atoms with Gasteiger partial charge in [-0.05, 0) is 36.8 Å². The number of para-hydroxylation sites is 1. The monoisotopic (exact) mass is 411 g/mol. The number of rotatable bonds is 6. The molecule has 0 saturated heterocycles. The number of ether oxygens (including phenoxy) is 2. The van der Waals surface area contributed by atoms with Crippen molar-refractivity contribution in [1.82, 2.24) is 15.1 Å². The molecule has 1 aliphatic heterocycles. The number of fused-ring (bicyclic) bond motifs is 1. The standard InChI is InChI=1S/C22H22ClN3O3/c1-2-28-20-6-4-3-5-16(20)12-24-22(27)19-11-18-14-29-21(13-26(18)25-19)15-7-9-17(23)10-8-15/h3-11,21H,2,12-14H2,1H3,(H,24,27)/t21-/m0/s1. The highest BCUT2D eigenvalue weighted by molar-refractivity contribution is 6.30. The van der Waals surface area contributed by atoms with Gasteiger partial charge < -0.3 is 14.8 Å². The van der Waals surface area contributed by atoms with Crippen LogP contribution >= 0.6 is 11.6 Å². The summed E-state index contributed by atoms with van der Waals surface area (Å²) in [4.78, 5) is 12.6. The van der Waals surface area contributed by atoms with Crippen molar-refractivity contribution in [2.45, 2.75) is 32.7 Å². The summed E-state index contributed by atoms with van der Waals surface area (Å²) in [5.41, 5.74) is 3.23. The average molecular weight is 412 g/mol. The molecule has 1 aromatic heterocycles. The van der Waals surface area contributed by atoms with Crippen molar-refractivity contribution in [3.8, 4) is 5.75 Å². The molecule has 150 valence electrons. The summed E-state index contributed by atoms with van der Waals surface area (Å²) in [6.07, 6.45) is -0.117. The van der Waals surface area contributed by atoms with Crippen LogP contribution in [0.1, 0.15) is 40.3 Å². The van der Waals surface area contributed by atoms with Gasteiger partial charge in [-0.3, -0.25) is 9.48 Å². The van der Waals surface area contributed by atoms with Crippen molar-refractivity contribution in [3.05, 3.63) is 82.1 Å². The Morgan fingerprint density at radius 1 is 1.28 bits per heavy atom. The van der Waals surface area contributed by atoms with Crippen molar-refractivity contribution < 1.29 is 14.3 Å². The van der Waals surface area contributed by atoms with Gasteiger partial charge in [0.15, 0.2) is 5.69 Å². The molecule has 1 amide bonds. The Kier molecular flexibility index (Phi) is 5.83. The number of benzene rings is 2. The quantitative estimate of drug-likeness (QED) is 0.662. The molecule has 2 aromatic carbocycles. The van der Waals surface area contributed by atoms with Crippen molar-refractivity contribution in [2.24, 2.45) is 0 Å². The Hall–Kier alpha value is -2.83. The van der Waals surface area contributed by atoms with E-state index in [1.54, 1.807) is 6.07 Å². The minimum atomic E-state index is -0.221. The van der Waals surface area contributed by atoms with E-state index in [0.29, 0.717) is 37.0 Å². The number of hydrogen-bond acceptors (Lipinski definition) is 4. The maximum Gasteiger partial charge on any atom is 0.272 e. The first-order valence-corrected chi connectivity index (χ1v) is 9.94. The lowest BCUT2D eigenvalue weighted by molar-refractivity contribution is -0.00119. The normalized spacial score (nSPS) is 15.6. The number of carbonyl (C=O) groups excluding carboxylic acids is 1. The van der Waals surface area contributed by atoms with Crippen LogP contribution in [0.2, 0.25) is 5.02 Å². The molecular formula is C22H22ClN3O3. The first kappa shape index (κ1) is 19.5. The molecule has 4 rings (SSSR count). The van der Waals surface area contributed by atoms with Crippen LogP contribution in [0.5, 0.6) is 5.75 Å². The zero-order valence-electron chi connectivity index (χ0n) is 16.1. The van der Waals surface area contributed by atoms with Crippen LogP contribution < -0.4 is 10.1 Å². The van der Waals surface area contributed by atoms with Crippen molar-refractivity contribution >= 4 is 17.5 Å². The molecule has 29 heavy (non-hydrogen) atoms. The van der Waals surface area contributed by atoms with Crippen LogP contribution in [0.25, 0.3) is 0 Å². The van der Waals surface area contributed by atoms with Gasteiger partial charge in [-0.15, -0.1) is 0 Å². The Morgan fingerprint density at radius 2 is 2.07 bits per heavy atom. The fourth-order valence-corrected chi connectivity index (χ4v) is 3.45. The molecule has 0 fully saturated rings. The third-order valence-electron chi connectivity index (χ3n) is 4.82. The molecule has 2 heterocycles. The number of hydrogen-bond donors (Lipinski definition) is 1. The van der Waals surface area contributed by atoms with Crippen molar-refractivity contribution in [2.75, 3.05) is 6.61 Å². The maximum atomic E-state index is 12.6. The van der Waals surface area contributed by atoms with E-state index >= 15 is 0 Å². The Balaban J connectivity index is 1.42. The number of nitrogens with one attached hydrogen (secondary N) is 1. The predicted molar refractivity (Wildman–Crippen MR) is 110 cm³/mol. The summed E-state index contributed by atoms with van der Waals surface area (Å²) >= 11 is 5.96. The van der Waals surface area contributed by atoms with Gasteiger partial charge in [-0.2, -0.15) is 5.10 Å². The van der Waals surface area contributed by atoms with E-state index in [-0.39, 0.29) is 12.0 Å². The summed E-state index contributed by atoms with van der Waals surface area (Å²) in [6, 6.07) is 17.0. The van der Waals surface area contributed by atoms with E-state index in [1.165, 1.54) is 0 Å².